The lowest BCUT2D eigenvalue weighted by Gasteiger charge is -2.28. The van der Waals surface area contributed by atoms with Gasteiger partial charge in [0.2, 0.25) is 5.95 Å². The van der Waals surface area contributed by atoms with Gasteiger partial charge in [-0.05, 0) is 19.1 Å². The van der Waals surface area contributed by atoms with Crippen LogP contribution in [0.15, 0.2) is 39.9 Å². The number of nitrogens with one attached hydrogen (secondary N) is 2. The Morgan fingerprint density at radius 1 is 1.15 bits per heavy atom. The van der Waals surface area contributed by atoms with Gasteiger partial charge in [-0.15, -0.1) is 5.92 Å². The minimum absolute atomic E-state index is 0.336. The molecule has 1 aliphatic rings. The van der Waals surface area contributed by atoms with Crippen molar-refractivity contribution < 1.29 is 0 Å². The molecule has 4 rings (SSSR count). The third kappa shape index (κ3) is 3.02. The van der Waals surface area contributed by atoms with E-state index >= 15 is 0 Å². The molecule has 1 fully saturated rings. The molecule has 2 N–H and O–H groups in total. The third-order valence-corrected chi connectivity index (χ3v) is 4.61. The van der Waals surface area contributed by atoms with Crippen LogP contribution in [0, 0.1) is 11.8 Å². The summed E-state index contributed by atoms with van der Waals surface area (Å²) >= 11 is 0. The quantitative estimate of drug-likeness (QED) is 0.653. The van der Waals surface area contributed by atoms with Gasteiger partial charge in [0.25, 0.3) is 5.56 Å². The largest absolute Gasteiger partial charge is 0.340 e. The summed E-state index contributed by atoms with van der Waals surface area (Å²) in [5.74, 6) is 6.54. The third-order valence-electron chi connectivity index (χ3n) is 4.61. The lowest BCUT2D eigenvalue weighted by Crippen LogP contribution is -2.44. The van der Waals surface area contributed by atoms with Gasteiger partial charge in [0.15, 0.2) is 11.2 Å². The number of para-hydroxylation sites is 1. The van der Waals surface area contributed by atoms with Crippen molar-refractivity contribution in [3.8, 4) is 17.5 Å². The van der Waals surface area contributed by atoms with Crippen LogP contribution in [0.25, 0.3) is 16.9 Å². The second kappa shape index (κ2) is 7.13. The highest BCUT2D eigenvalue weighted by atomic mass is 16.2. The molecule has 8 heteroatoms. The van der Waals surface area contributed by atoms with Gasteiger partial charge in [-0.25, -0.2) is 9.36 Å². The second-order valence-electron chi connectivity index (χ2n) is 6.26. The molecule has 0 aliphatic carbocycles. The summed E-state index contributed by atoms with van der Waals surface area (Å²) in [6.07, 6.45) is 0. The van der Waals surface area contributed by atoms with Crippen molar-refractivity contribution >= 4 is 17.1 Å². The highest BCUT2D eigenvalue weighted by Crippen LogP contribution is 2.21. The topological polar surface area (TPSA) is 88.0 Å². The van der Waals surface area contributed by atoms with Gasteiger partial charge in [-0.1, -0.05) is 24.1 Å². The summed E-state index contributed by atoms with van der Waals surface area (Å²) in [5.41, 5.74) is 0.406. The lowest BCUT2D eigenvalue weighted by atomic mass is 10.3. The molecule has 1 aromatic carbocycles. The number of hydrogen-bond donors (Lipinski definition) is 2. The van der Waals surface area contributed by atoms with E-state index in [2.05, 4.69) is 27.0 Å². The molecule has 0 atom stereocenters. The average Bonchev–Trinajstić information content (AvgIpc) is 3.07. The van der Waals surface area contributed by atoms with Gasteiger partial charge in [0.05, 0.1) is 12.2 Å². The zero-order chi connectivity index (χ0) is 18.8. The summed E-state index contributed by atoms with van der Waals surface area (Å²) in [6, 6.07) is 9.19. The molecule has 27 heavy (non-hydrogen) atoms. The SMILES string of the molecule is CC#CCn1c(N2CCNCC2)nc2c1c(=O)[nH]c(=O)n2-c1ccccc1. The Hall–Kier alpha value is -3.31. The monoisotopic (exact) mass is 364 g/mol. The first kappa shape index (κ1) is 17.1. The number of aromatic amines is 1. The van der Waals surface area contributed by atoms with Crippen molar-refractivity contribution in [2.24, 2.45) is 0 Å². The van der Waals surface area contributed by atoms with Gasteiger partial charge < -0.3 is 10.2 Å². The molecule has 8 nitrogen and oxygen atoms in total. The second-order valence-corrected chi connectivity index (χ2v) is 6.26. The number of piperazine rings is 1. The smallest absolute Gasteiger partial charge is 0.334 e. The van der Waals surface area contributed by atoms with Gasteiger partial charge in [0.1, 0.15) is 0 Å². The van der Waals surface area contributed by atoms with Crippen molar-refractivity contribution in [3.05, 3.63) is 51.2 Å². The molecule has 1 aliphatic heterocycles. The van der Waals surface area contributed by atoms with Gasteiger partial charge in [-0.3, -0.25) is 14.3 Å². The number of benzene rings is 1. The molecule has 0 spiro atoms. The molecule has 0 bridgehead atoms. The summed E-state index contributed by atoms with van der Waals surface area (Å²) in [5, 5.41) is 3.31. The van der Waals surface area contributed by atoms with Crippen LogP contribution in [0.5, 0.6) is 0 Å². The number of imidazole rings is 1. The zero-order valence-corrected chi connectivity index (χ0v) is 15.0. The van der Waals surface area contributed by atoms with E-state index in [4.69, 9.17) is 4.98 Å². The standard InChI is InChI=1S/C19H20N6O2/c1-2-3-11-24-15-16(21-18(24)23-12-9-20-10-13-23)25(19(27)22-17(15)26)14-7-5-4-6-8-14/h4-8,20H,9-13H2,1H3,(H,22,26,27). The van der Waals surface area contributed by atoms with Crippen molar-refractivity contribution in [1.82, 2.24) is 24.4 Å². The number of anilines is 1. The molecular formula is C19H20N6O2. The van der Waals surface area contributed by atoms with Crippen molar-refractivity contribution in [1.29, 1.82) is 0 Å². The number of H-pyrrole nitrogens is 1. The Bertz CT molecular complexity index is 1140. The summed E-state index contributed by atoms with van der Waals surface area (Å²) in [7, 11) is 0. The van der Waals surface area contributed by atoms with E-state index in [0.29, 0.717) is 29.3 Å². The van der Waals surface area contributed by atoms with E-state index < -0.39 is 11.2 Å². The maximum Gasteiger partial charge on any atom is 0.334 e. The maximum atomic E-state index is 12.7. The first-order chi connectivity index (χ1) is 13.2. The minimum atomic E-state index is -0.503. The van der Waals surface area contributed by atoms with Crippen LogP contribution in [-0.4, -0.2) is 45.3 Å². The van der Waals surface area contributed by atoms with E-state index in [1.807, 2.05) is 30.3 Å². The van der Waals surface area contributed by atoms with Gasteiger partial charge in [0, 0.05) is 26.2 Å². The Morgan fingerprint density at radius 2 is 1.89 bits per heavy atom. The molecule has 1 saturated heterocycles. The van der Waals surface area contributed by atoms with E-state index in [-0.39, 0.29) is 0 Å². The predicted octanol–water partition coefficient (Wildman–Crippen LogP) is 0.308. The number of nitrogens with zero attached hydrogens (tertiary/aromatic N) is 4. The summed E-state index contributed by atoms with van der Waals surface area (Å²) < 4.78 is 3.24. The fraction of sp³-hybridized carbons (Fsp3) is 0.316. The Balaban J connectivity index is 2.03. The van der Waals surface area contributed by atoms with Crippen LogP contribution in [0.1, 0.15) is 6.92 Å². The number of rotatable bonds is 3. The molecule has 0 unspecified atom stereocenters. The normalized spacial score (nSPS) is 14.2. The molecule has 0 saturated carbocycles. The fourth-order valence-corrected chi connectivity index (χ4v) is 3.35. The van der Waals surface area contributed by atoms with Crippen LogP contribution >= 0.6 is 0 Å². The highest BCUT2D eigenvalue weighted by molar-refractivity contribution is 5.76. The Morgan fingerprint density at radius 3 is 2.59 bits per heavy atom. The first-order valence-corrected chi connectivity index (χ1v) is 8.87. The van der Waals surface area contributed by atoms with Crippen LogP contribution in [-0.2, 0) is 6.54 Å². The molecule has 2 aromatic heterocycles. The van der Waals surface area contributed by atoms with E-state index in [0.717, 1.165) is 26.2 Å². The molecule has 0 amide bonds. The molecule has 3 heterocycles. The highest BCUT2D eigenvalue weighted by Gasteiger charge is 2.23. The minimum Gasteiger partial charge on any atom is -0.340 e. The number of fused-ring (bicyclic) bond motifs is 1. The first-order valence-electron chi connectivity index (χ1n) is 8.87. The van der Waals surface area contributed by atoms with Gasteiger partial charge >= 0.3 is 5.69 Å². The van der Waals surface area contributed by atoms with E-state index in [9.17, 15) is 9.59 Å². The molecular weight excluding hydrogens is 344 g/mol. The average molecular weight is 364 g/mol. The predicted molar refractivity (Wildman–Crippen MR) is 104 cm³/mol. The molecule has 138 valence electrons. The maximum absolute atomic E-state index is 12.7. The van der Waals surface area contributed by atoms with Gasteiger partial charge in [-0.2, -0.15) is 4.98 Å². The Labute approximate surface area is 155 Å². The van der Waals surface area contributed by atoms with Crippen molar-refractivity contribution in [3.63, 3.8) is 0 Å². The number of hydrogen-bond acceptors (Lipinski definition) is 5. The number of aromatic nitrogens is 4. The summed E-state index contributed by atoms with van der Waals surface area (Å²) in [6.45, 7) is 5.32. The van der Waals surface area contributed by atoms with E-state index in [1.54, 1.807) is 11.5 Å². The molecule has 3 aromatic rings. The van der Waals surface area contributed by atoms with E-state index in [1.165, 1.54) is 4.57 Å². The Kier molecular flexibility index (Phi) is 4.52. The molecule has 0 radical (unpaired) electrons. The van der Waals surface area contributed by atoms with Crippen LogP contribution in [0.2, 0.25) is 0 Å². The fourth-order valence-electron chi connectivity index (χ4n) is 3.35. The zero-order valence-electron chi connectivity index (χ0n) is 15.0. The van der Waals surface area contributed by atoms with Crippen molar-refractivity contribution in [2.45, 2.75) is 13.5 Å². The van der Waals surface area contributed by atoms with Crippen LogP contribution in [0.4, 0.5) is 5.95 Å². The van der Waals surface area contributed by atoms with Crippen LogP contribution < -0.4 is 21.5 Å². The lowest BCUT2D eigenvalue weighted by molar-refractivity contribution is 0.573. The van der Waals surface area contributed by atoms with Crippen molar-refractivity contribution in [2.75, 3.05) is 31.1 Å². The van der Waals surface area contributed by atoms with Crippen LogP contribution in [0.3, 0.4) is 0 Å². The summed E-state index contributed by atoms with van der Waals surface area (Å²) in [4.78, 5) is 34.5.